The molecule has 0 aliphatic heterocycles. The number of phenolic OH excluding ortho intramolecular Hbond substituents is 4. The van der Waals surface area contributed by atoms with E-state index in [0.717, 1.165) is 0 Å². The highest BCUT2D eigenvalue weighted by atomic mass is 19.2. The van der Waals surface area contributed by atoms with E-state index in [-0.39, 0.29) is 0 Å². The van der Waals surface area contributed by atoms with Gasteiger partial charge in [0.2, 0.25) is 29.0 Å². The zero-order valence-electron chi connectivity index (χ0n) is 10.1. The molecule has 118 valence electrons. The van der Waals surface area contributed by atoms with Gasteiger partial charge in [0.1, 0.15) is 0 Å². The first kappa shape index (κ1) is 15.6. The van der Waals surface area contributed by atoms with Crippen molar-refractivity contribution in [1.29, 1.82) is 0 Å². The number of rotatable bonds is 1. The highest BCUT2D eigenvalue weighted by molar-refractivity contribution is 5.77. The molecule has 0 atom stereocenters. The Balaban J connectivity index is 3.03. The zero-order chi connectivity index (χ0) is 16.9. The minimum Gasteiger partial charge on any atom is -0.504 e. The van der Waals surface area contributed by atoms with Gasteiger partial charge in [-0.25, -0.2) is 13.2 Å². The molecule has 0 unspecified atom stereocenters. The standard InChI is InChI=1S/C12H4F6O4/c13-3-1(4(14)7(17)10(20)6(3)16)2-5(15)8(18)11(21)12(22)9(2)19/h19-22H. The summed E-state index contributed by atoms with van der Waals surface area (Å²) in [6.45, 7) is 0. The largest absolute Gasteiger partial charge is 0.504 e. The fourth-order valence-corrected chi connectivity index (χ4v) is 1.72. The maximum absolute atomic E-state index is 13.7. The van der Waals surface area contributed by atoms with Crippen LogP contribution in [0.3, 0.4) is 0 Å². The fourth-order valence-electron chi connectivity index (χ4n) is 1.72. The Kier molecular flexibility index (Phi) is 3.47. The van der Waals surface area contributed by atoms with E-state index in [1.165, 1.54) is 0 Å². The number of hydrogen-bond acceptors (Lipinski definition) is 4. The van der Waals surface area contributed by atoms with Gasteiger partial charge in [-0.15, -0.1) is 0 Å². The molecule has 4 N–H and O–H groups in total. The summed E-state index contributed by atoms with van der Waals surface area (Å²) < 4.78 is 80.6. The summed E-state index contributed by atoms with van der Waals surface area (Å²) in [5, 5.41) is 36.2. The molecular formula is C12H4F6O4. The normalized spacial score (nSPS) is 11.0. The minimum atomic E-state index is -2.35. The number of benzene rings is 2. The Labute approximate surface area is 117 Å². The van der Waals surface area contributed by atoms with Crippen molar-refractivity contribution < 1.29 is 46.8 Å². The van der Waals surface area contributed by atoms with E-state index < -0.39 is 69.0 Å². The number of phenols is 4. The second-order valence-electron chi connectivity index (χ2n) is 4.03. The Morgan fingerprint density at radius 1 is 0.364 bits per heavy atom. The van der Waals surface area contributed by atoms with Gasteiger partial charge in [0.15, 0.2) is 29.0 Å². The van der Waals surface area contributed by atoms with E-state index in [2.05, 4.69) is 0 Å². The van der Waals surface area contributed by atoms with Crippen LogP contribution >= 0.6 is 0 Å². The van der Waals surface area contributed by atoms with Crippen molar-refractivity contribution in [1.82, 2.24) is 0 Å². The minimum absolute atomic E-state index is 1.71. The van der Waals surface area contributed by atoms with Crippen LogP contribution in [0, 0.1) is 34.9 Å². The van der Waals surface area contributed by atoms with Gasteiger partial charge in [-0.3, -0.25) is 0 Å². The molecular weight excluding hydrogens is 322 g/mol. The predicted octanol–water partition coefficient (Wildman–Crippen LogP) is 3.01. The Hall–Kier alpha value is -2.78. The molecule has 4 nitrogen and oxygen atoms in total. The number of hydrogen-bond donors (Lipinski definition) is 4. The van der Waals surface area contributed by atoms with E-state index in [0.29, 0.717) is 0 Å². The van der Waals surface area contributed by atoms with Crippen molar-refractivity contribution in [3.8, 4) is 34.1 Å². The van der Waals surface area contributed by atoms with Crippen LogP contribution in [0.4, 0.5) is 26.3 Å². The molecule has 0 aliphatic rings. The van der Waals surface area contributed by atoms with E-state index in [1.807, 2.05) is 0 Å². The van der Waals surface area contributed by atoms with Gasteiger partial charge in [-0.05, 0) is 0 Å². The number of aromatic hydroxyl groups is 4. The van der Waals surface area contributed by atoms with Crippen LogP contribution in [0.25, 0.3) is 11.1 Å². The molecule has 2 rings (SSSR count). The van der Waals surface area contributed by atoms with Gasteiger partial charge >= 0.3 is 0 Å². The second-order valence-corrected chi connectivity index (χ2v) is 4.03. The van der Waals surface area contributed by atoms with Crippen molar-refractivity contribution in [2.24, 2.45) is 0 Å². The third-order valence-corrected chi connectivity index (χ3v) is 2.80. The molecule has 0 aromatic heterocycles. The molecule has 0 aliphatic carbocycles. The summed E-state index contributed by atoms with van der Waals surface area (Å²) in [5.74, 6) is -21.2. The first-order valence-electron chi connectivity index (χ1n) is 5.28. The summed E-state index contributed by atoms with van der Waals surface area (Å²) in [6, 6.07) is 0. The fraction of sp³-hybridized carbons (Fsp3) is 0. The Bertz CT molecular complexity index is 680. The lowest BCUT2D eigenvalue weighted by Crippen LogP contribution is -2.03. The second kappa shape index (κ2) is 4.90. The molecule has 0 heterocycles. The lowest BCUT2D eigenvalue weighted by Gasteiger charge is -2.13. The lowest BCUT2D eigenvalue weighted by atomic mass is 10.00. The van der Waals surface area contributed by atoms with Gasteiger partial charge in [0, 0.05) is 0 Å². The van der Waals surface area contributed by atoms with Crippen molar-refractivity contribution in [3.05, 3.63) is 34.9 Å². The van der Waals surface area contributed by atoms with E-state index in [1.54, 1.807) is 0 Å². The van der Waals surface area contributed by atoms with Gasteiger partial charge in [-0.2, -0.15) is 13.2 Å². The van der Waals surface area contributed by atoms with Crippen LogP contribution < -0.4 is 0 Å². The molecule has 0 spiro atoms. The van der Waals surface area contributed by atoms with E-state index in [9.17, 15) is 31.4 Å². The van der Waals surface area contributed by atoms with Crippen LogP contribution in [-0.4, -0.2) is 20.4 Å². The summed E-state index contributed by atoms with van der Waals surface area (Å²) >= 11 is 0. The first-order valence-corrected chi connectivity index (χ1v) is 5.28. The van der Waals surface area contributed by atoms with Gasteiger partial charge in [0.05, 0.1) is 11.1 Å². The monoisotopic (exact) mass is 326 g/mol. The smallest absolute Gasteiger partial charge is 0.205 e. The summed E-state index contributed by atoms with van der Waals surface area (Å²) in [7, 11) is 0. The van der Waals surface area contributed by atoms with Crippen molar-refractivity contribution in [3.63, 3.8) is 0 Å². The van der Waals surface area contributed by atoms with Crippen LogP contribution in [0.2, 0.25) is 0 Å². The van der Waals surface area contributed by atoms with Crippen molar-refractivity contribution in [2.45, 2.75) is 0 Å². The lowest BCUT2D eigenvalue weighted by molar-refractivity contribution is 0.338. The highest BCUT2D eigenvalue weighted by Crippen LogP contribution is 2.48. The molecule has 2 aromatic carbocycles. The molecule has 0 saturated heterocycles. The van der Waals surface area contributed by atoms with Crippen LogP contribution in [0.5, 0.6) is 23.0 Å². The average Bonchev–Trinajstić information content (AvgIpc) is 2.50. The molecule has 2 aromatic rings. The van der Waals surface area contributed by atoms with Crippen molar-refractivity contribution in [2.75, 3.05) is 0 Å². The predicted molar refractivity (Wildman–Crippen MR) is 58.3 cm³/mol. The van der Waals surface area contributed by atoms with Crippen molar-refractivity contribution >= 4 is 0 Å². The van der Waals surface area contributed by atoms with Crippen LogP contribution in [-0.2, 0) is 0 Å². The summed E-state index contributed by atoms with van der Waals surface area (Å²) in [5.41, 5.74) is -3.70. The molecule has 0 amide bonds. The molecule has 0 fully saturated rings. The van der Waals surface area contributed by atoms with E-state index >= 15 is 0 Å². The summed E-state index contributed by atoms with van der Waals surface area (Å²) in [4.78, 5) is 0. The Morgan fingerprint density at radius 3 is 1.18 bits per heavy atom. The molecule has 0 saturated carbocycles. The van der Waals surface area contributed by atoms with Crippen LogP contribution in [0.1, 0.15) is 0 Å². The van der Waals surface area contributed by atoms with E-state index in [4.69, 9.17) is 15.3 Å². The molecule has 0 radical (unpaired) electrons. The summed E-state index contributed by atoms with van der Waals surface area (Å²) in [6.07, 6.45) is 0. The quantitative estimate of drug-likeness (QED) is 0.369. The van der Waals surface area contributed by atoms with Gasteiger partial charge < -0.3 is 20.4 Å². The third kappa shape index (κ3) is 1.87. The van der Waals surface area contributed by atoms with Gasteiger partial charge in [-0.1, -0.05) is 0 Å². The molecule has 10 heteroatoms. The molecule has 0 bridgehead atoms. The Morgan fingerprint density at radius 2 is 0.727 bits per heavy atom. The maximum atomic E-state index is 13.7. The van der Waals surface area contributed by atoms with Gasteiger partial charge in [0.25, 0.3) is 0 Å². The number of halogens is 6. The topological polar surface area (TPSA) is 80.9 Å². The van der Waals surface area contributed by atoms with Crippen LogP contribution in [0.15, 0.2) is 0 Å². The molecule has 22 heavy (non-hydrogen) atoms. The highest BCUT2D eigenvalue weighted by Gasteiger charge is 2.33. The average molecular weight is 326 g/mol. The maximum Gasteiger partial charge on any atom is 0.205 e. The SMILES string of the molecule is Oc1c(O)c(F)c(F)c(-c2c(F)c(F)c(O)c(F)c2F)c1O. The zero-order valence-corrected chi connectivity index (χ0v) is 10.1. The third-order valence-electron chi connectivity index (χ3n) is 2.80. The first-order chi connectivity index (χ1) is 10.1.